The van der Waals surface area contributed by atoms with Crippen LogP contribution < -0.4 is 0 Å². The summed E-state index contributed by atoms with van der Waals surface area (Å²) in [4.78, 5) is 12.7. The minimum atomic E-state index is -1.18. The molecule has 0 aromatic rings. The van der Waals surface area contributed by atoms with Crippen molar-refractivity contribution in [2.75, 3.05) is 19.6 Å². The van der Waals surface area contributed by atoms with Gasteiger partial charge in [0.15, 0.2) is 0 Å². The van der Waals surface area contributed by atoms with Crippen LogP contribution in [0.1, 0.15) is 90.4 Å². The van der Waals surface area contributed by atoms with Gasteiger partial charge in [-0.1, -0.05) is 71.1 Å². The number of rotatable bonds is 14. The summed E-state index contributed by atoms with van der Waals surface area (Å²) in [7, 11) is 0. The Kier molecular flexibility index (Phi) is 12.8. The first-order chi connectivity index (χ1) is 12.1. The lowest BCUT2D eigenvalue weighted by molar-refractivity contribution is 0.00964. The van der Waals surface area contributed by atoms with Crippen molar-refractivity contribution in [2.45, 2.75) is 103 Å². The molecule has 5 nitrogen and oxygen atoms in total. The standard InChI is InChI=1S/C20H39NO4/c1-2-3-4-5-6-7-8-9-10-11-12-18(22)17-21-15-13-19(14-16-21)25-20(23)24/h18-19,22H,2-17H2,1H3,(H,23,24). The lowest BCUT2D eigenvalue weighted by atomic mass is 10.0. The van der Waals surface area contributed by atoms with Crippen LogP contribution in [0.25, 0.3) is 0 Å². The Morgan fingerprint density at radius 2 is 1.52 bits per heavy atom. The van der Waals surface area contributed by atoms with Gasteiger partial charge < -0.3 is 19.8 Å². The Balaban J connectivity index is 1.91. The van der Waals surface area contributed by atoms with Crippen LogP contribution in [0.2, 0.25) is 0 Å². The summed E-state index contributed by atoms with van der Waals surface area (Å²) in [6, 6.07) is 0. The number of carbonyl (C=O) groups is 1. The number of aliphatic hydroxyl groups excluding tert-OH is 1. The molecule has 0 aromatic heterocycles. The molecule has 0 aliphatic carbocycles. The Morgan fingerprint density at radius 3 is 2.04 bits per heavy atom. The Hall–Kier alpha value is -0.810. The molecule has 1 atom stereocenters. The van der Waals surface area contributed by atoms with Crippen molar-refractivity contribution in [2.24, 2.45) is 0 Å². The number of β-amino-alcohol motifs (C(OH)–C–C–N with tert-alkyl or cyclic N) is 1. The number of hydrogen-bond acceptors (Lipinski definition) is 4. The molecule has 25 heavy (non-hydrogen) atoms. The molecule has 0 radical (unpaired) electrons. The predicted octanol–water partition coefficient (Wildman–Crippen LogP) is 4.82. The number of hydrogen-bond donors (Lipinski definition) is 2. The monoisotopic (exact) mass is 357 g/mol. The van der Waals surface area contributed by atoms with Gasteiger partial charge in [-0.05, 0) is 19.3 Å². The second kappa shape index (κ2) is 14.4. The van der Waals surface area contributed by atoms with E-state index in [9.17, 15) is 9.90 Å². The van der Waals surface area contributed by atoms with Gasteiger partial charge in [-0.15, -0.1) is 0 Å². The summed E-state index contributed by atoms with van der Waals surface area (Å²) < 4.78 is 4.81. The molecular weight excluding hydrogens is 318 g/mol. The number of piperidine rings is 1. The zero-order valence-corrected chi connectivity index (χ0v) is 16.1. The van der Waals surface area contributed by atoms with E-state index in [1.54, 1.807) is 0 Å². The molecule has 1 saturated heterocycles. The smallest absolute Gasteiger partial charge is 0.450 e. The number of likely N-dealkylation sites (tertiary alicyclic amines) is 1. The third-order valence-corrected chi connectivity index (χ3v) is 5.16. The SMILES string of the molecule is CCCCCCCCCCCCC(O)CN1CCC(OC(=O)O)CC1. The first kappa shape index (κ1) is 22.2. The van der Waals surface area contributed by atoms with Gasteiger partial charge in [-0.2, -0.15) is 0 Å². The molecule has 0 amide bonds. The van der Waals surface area contributed by atoms with Crippen LogP contribution in [0.3, 0.4) is 0 Å². The van der Waals surface area contributed by atoms with Crippen molar-refractivity contribution >= 4 is 6.16 Å². The minimum Gasteiger partial charge on any atom is -0.450 e. The topological polar surface area (TPSA) is 70.0 Å². The molecule has 1 rings (SSSR count). The molecular formula is C20H39NO4. The third-order valence-electron chi connectivity index (χ3n) is 5.16. The van der Waals surface area contributed by atoms with Crippen LogP contribution in [0, 0.1) is 0 Å². The molecule has 0 bridgehead atoms. The summed E-state index contributed by atoms with van der Waals surface area (Å²) in [6.07, 6.45) is 13.9. The van der Waals surface area contributed by atoms with Crippen molar-refractivity contribution in [1.29, 1.82) is 0 Å². The Bertz CT molecular complexity index is 330. The molecule has 1 fully saturated rings. The lowest BCUT2D eigenvalue weighted by Gasteiger charge is -2.32. The van der Waals surface area contributed by atoms with E-state index in [1.807, 2.05) is 0 Å². The van der Waals surface area contributed by atoms with E-state index in [2.05, 4.69) is 11.8 Å². The molecule has 148 valence electrons. The first-order valence-electron chi connectivity index (χ1n) is 10.4. The highest BCUT2D eigenvalue weighted by Crippen LogP contribution is 2.16. The minimum absolute atomic E-state index is 0.173. The molecule has 1 heterocycles. The Labute approximate surface area is 153 Å². The molecule has 0 spiro atoms. The average Bonchev–Trinajstić information content (AvgIpc) is 2.58. The zero-order valence-electron chi connectivity index (χ0n) is 16.1. The average molecular weight is 358 g/mol. The molecule has 0 saturated carbocycles. The van der Waals surface area contributed by atoms with Crippen LogP contribution in [0.15, 0.2) is 0 Å². The fraction of sp³-hybridized carbons (Fsp3) is 0.950. The van der Waals surface area contributed by atoms with Crippen molar-refractivity contribution in [3.63, 3.8) is 0 Å². The predicted molar refractivity (Wildman–Crippen MR) is 101 cm³/mol. The number of aliphatic hydroxyl groups is 1. The van der Waals surface area contributed by atoms with Crippen LogP contribution in [0.5, 0.6) is 0 Å². The quantitative estimate of drug-likeness (QED) is 0.345. The third kappa shape index (κ3) is 12.2. The van der Waals surface area contributed by atoms with E-state index >= 15 is 0 Å². The summed E-state index contributed by atoms with van der Waals surface area (Å²) in [6.45, 7) is 4.58. The van der Waals surface area contributed by atoms with Gasteiger partial charge in [-0.3, -0.25) is 0 Å². The first-order valence-corrected chi connectivity index (χ1v) is 10.4. The largest absolute Gasteiger partial charge is 0.506 e. The molecule has 2 N–H and O–H groups in total. The van der Waals surface area contributed by atoms with Crippen LogP contribution in [0.4, 0.5) is 4.79 Å². The number of unbranched alkanes of at least 4 members (excludes halogenated alkanes) is 9. The van der Waals surface area contributed by atoms with Gasteiger partial charge in [0.05, 0.1) is 6.10 Å². The van der Waals surface area contributed by atoms with E-state index in [-0.39, 0.29) is 12.2 Å². The van der Waals surface area contributed by atoms with Crippen LogP contribution in [-0.2, 0) is 4.74 Å². The van der Waals surface area contributed by atoms with Gasteiger partial charge in [0.25, 0.3) is 0 Å². The van der Waals surface area contributed by atoms with Gasteiger partial charge in [0, 0.05) is 19.6 Å². The van der Waals surface area contributed by atoms with Gasteiger partial charge in [0.1, 0.15) is 6.10 Å². The van der Waals surface area contributed by atoms with E-state index in [1.165, 1.54) is 57.8 Å². The summed E-state index contributed by atoms with van der Waals surface area (Å²) in [5, 5.41) is 18.8. The van der Waals surface area contributed by atoms with E-state index < -0.39 is 6.16 Å². The van der Waals surface area contributed by atoms with Gasteiger partial charge in [0.2, 0.25) is 0 Å². The van der Waals surface area contributed by atoms with Crippen LogP contribution in [-0.4, -0.2) is 53.1 Å². The van der Waals surface area contributed by atoms with Crippen molar-refractivity contribution in [3.8, 4) is 0 Å². The molecule has 0 aromatic carbocycles. The van der Waals surface area contributed by atoms with Crippen molar-refractivity contribution in [1.82, 2.24) is 4.90 Å². The fourth-order valence-corrected chi connectivity index (χ4v) is 3.61. The summed E-state index contributed by atoms with van der Waals surface area (Å²) in [5.74, 6) is 0. The van der Waals surface area contributed by atoms with Gasteiger partial charge >= 0.3 is 6.16 Å². The maximum atomic E-state index is 10.5. The maximum Gasteiger partial charge on any atom is 0.506 e. The van der Waals surface area contributed by atoms with Gasteiger partial charge in [-0.25, -0.2) is 4.79 Å². The lowest BCUT2D eigenvalue weighted by Crippen LogP contribution is -2.41. The Morgan fingerprint density at radius 1 is 1.00 bits per heavy atom. The number of nitrogens with zero attached hydrogens (tertiary/aromatic N) is 1. The highest BCUT2D eigenvalue weighted by Gasteiger charge is 2.23. The van der Waals surface area contributed by atoms with Crippen molar-refractivity contribution < 1.29 is 19.7 Å². The van der Waals surface area contributed by atoms with E-state index in [4.69, 9.17) is 9.84 Å². The molecule has 5 heteroatoms. The normalized spacial score (nSPS) is 17.5. The number of ether oxygens (including phenoxy) is 1. The molecule has 1 aliphatic rings. The van der Waals surface area contributed by atoms with Crippen molar-refractivity contribution in [3.05, 3.63) is 0 Å². The number of carboxylic acid groups (broad SMARTS) is 1. The second-order valence-electron chi connectivity index (χ2n) is 7.51. The highest BCUT2D eigenvalue weighted by atomic mass is 16.7. The van der Waals surface area contributed by atoms with E-state index in [0.717, 1.165) is 38.8 Å². The maximum absolute atomic E-state index is 10.5. The van der Waals surface area contributed by atoms with Crippen LogP contribution >= 0.6 is 0 Å². The molecule has 1 unspecified atom stereocenters. The van der Waals surface area contributed by atoms with E-state index in [0.29, 0.717) is 6.54 Å². The second-order valence-corrected chi connectivity index (χ2v) is 7.51. The zero-order chi connectivity index (χ0) is 18.3. The summed E-state index contributed by atoms with van der Waals surface area (Å²) in [5.41, 5.74) is 0. The summed E-state index contributed by atoms with van der Waals surface area (Å²) >= 11 is 0. The molecule has 1 aliphatic heterocycles. The fourth-order valence-electron chi connectivity index (χ4n) is 3.61. The highest BCUT2D eigenvalue weighted by molar-refractivity contribution is 5.57.